The van der Waals surface area contributed by atoms with Crippen LogP contribution in [0.4, 0.5) is 0 Å². The number of hydrogen-bond acceptors (Lipinski definition) is 4. The van der Waals surface area contributed by atoms with Crippen LogP contribution in [-0.4, -0.2) is 31.9 Å². The summed E-state index contributed by atoms with van der Waals surface area (Å²) in [5.74, 6) is 0.861. The Balaban J connectivity index is 0.000000284. The largest absolute Gasteiger partial charge is 0.497 e. The van der Waals surface area contributed by atoms with Gasteiger partial charge in [0.2, 0.25) is 0 Å². The molecule has 5 heteroatoms. The zero-order valence-electron chi connectivity index (χ0n) is 18.3. The molecule has 0 N–H and O–H groups in total. The van der Waals surface area contributed by atoms with E-state index in [1.807, 2.05) is 31.2 Å². The Hall–Kier alpha value is -0.331. The fraction of sp³-hybridized carbons (Fsp3) is 0.609. The molecule has 1 heterocycles. The van der Waals surface area contributed by atoms with E-state index in [4.69, 9.17) is 17.4 Å². The number of unbranched alkanes of at least 4 members (excludes halogenated alkanes) is 3. The molecule has 0 atom stereocenters. The number of methoxy groups -OCH3 is 1. The van der Waals surface area contributed by atoms with E-state index in [9.17, 15) is 0 Å². The molecule has 0 fully saturated rings. The molecule has 0 saturated heterocycles. The predicted molar refractivity (Wildman–Crippen MR) is 129 cm³/mol. The summed E-state index contributed by atoms with van der Waals surface area (Å²) in [5, 5.41) is 0. The number of benzene rings is 1. The van der Waals surface area contributed by atoms with Gasteiger partial charge >= 0.3 is 92.4 Å². The van der Waals surface area contributed by atoms with E-state index in [0.717, 1.165) is 21.9 Å². The van der Waals surface area contributed by atoms with Gasteiger partial charge < -0.3 is 28.7 Å². The summed E-state index contributed by atoms with van der Waals surface area (Å²) in [4.78, 5) is 5.37. The summed E-state index contributed by atoms with van der Waals surface area (Å²) in [6.45, 7) is 8.98. The first kappa shape index (κ1) is 25.7. The van der Waals surface area contributed by atoms with Gasteiger partial charge in [0.05, 0.1) is 7.11 Å². The van der Waals surface area contributed by atoms with E-state index in [-0.39, 0.29) is 0 Å². The summed E-state index contributed by atoms with van der Waals surface area (Å²) >= 11 is 5.76. The van der Waals surface area contributed by atoms with Gasteiger partial charge in [-0.3, -0.25) is 4.98 Å². The maximum Gasteiger partial charge on any atom is 0.118 e. The first-order chi connectivity index (χ1) is 13.5. The standard InChI is InChI=1S/C11H11NOS2.3C4H9.Sn/c1-7-10(15-11(14)12-7)8-3-5-9(13-2)6-4-8;3*1-3-4-2;/h3-6H,1-2H3,(H,12,14);3*1,3-4H2,2H3;/q;;;;+1/p-1. The second-order valence-electron chi connectivity index (χ2n) is 7.18. The summed E-state index contributed by atoms with van der Waals surface area (Å²) in [5.41, 5.74) is 2.14. The first-order valence-electron chi connectivity index (χ1n) is 10.7. The molecule has 0 aliphatic heterocycles. The van der Waals surface area contributed by atoms with E-state index in [2.05, 4.69) is 25.8 Å². The van der Waals surface area contributed by atoms with Crippen LogP contribution in [0.25, 0.3) is 10.4 Å². The quantitative estimate of drug-likeness (QED) is 0.219. The van der Waals surface area contributed by atoms with Crippen molar-refractivity contribution in [3.05, 3.63) is 30.0 Å². The molecule has 0 amide bonds. The third-order valence-electron chi connectivity index (χ3n) is 4.78. The van der Waals surface area contributed by atoms with Crippen molar-refractivity contribution in [3.63, 3.8) is 0 Å². The van der Waals surface area contributed by atoms with E-state index in [1.54, 1.807) is 31.8 Å². The Morgan fingerprint density at radius 3 is 1.79 bits per heavy atom. The molecule has 0 saturated carbocycles. The number of rotatable bonds is 11. The second-order valence-corrected chi connectivity index (χ2v) is 17.4. The van der Waals surface area contributed by atoms with Crippen molar-refractivity contribution in [1.82, 2.24) is 4.98 Å². The van der Waals surface area contributed by atoms with Crippen molar-refractivity contribution in [2.45, 2.75) is 83.9 Å². The van der Waals surface area contributed by atoms with Crippen molar-refractivity contribution in [2.24, 2.45) is 0 Å². The van der Waals surface area contributed by atoms with Crippen molar-refractivity contribution >= 4 is 43.7 Å². The zero-order chi connectivity index (χ0) is 20.8. The molecule has 2 rings (SSSR count). The van der Waals surface area contributed by atoms with Crippen LogP contribution in [0.2, 0.25) is 13.3 Å². The molecular weight excluding hydrogens is 489 g/mol. The van der Waals surface area contributed by atoms with Crippen molar-refractivity contribution in [2.75, 3.05) is 7.11 Å². The fourth-order valence-corrected chi connectivity index (χ4v) is 13.7. The van der Waals surface area contributed by atoms with Gasteiger partial charge in [-0.05, 0) is 33.8 Å². The molecular formula is C23H37NOS2Sn. The molecule has 0 spiro atoms. The number of thiazole rings is 1. The van der Waals surface area contributed by atoms with Crippen LogP contribution in [0.5, 0.6) is 5.75 Å². The van der Waals surface area contributed by atoms with Gasteiger partial charge in [-0.1, -0.05) is 12.1 Å². The normalized spacial score (nSPS) is 10.3. The minimum atomic E-state index is -0.839. The minimum Gasteiger partial charge on any atom is -0.497 e. The smallest absolute Gasteiger partial charge is 0.118 e. The Bertz CT molecular complexity index is 624. The third kappa shape index (κ3) is 9.93. The molecule has 0 bridgehead atoms. The van der Waals surface area contributed by atoms with Crippen LogP contribution in [0.3, 0.4) is 0 Å². The molecule has 0 unspecified atom stereocenters. The van der Waals surface area contributed by atoms with Gasteiger partial charge in [0.25, 0.3) is 0 Å². The van der Waals surface area contributed by atoms with Gasteiger partial charge in [0.15, 0.2) is 0 Å². The molecule has 2 aromatic rings. The molecule has 156 valence electrons. The van der Waals surface area contributed by atoms with E-state index >= 15 is 0 Å². The average molecular weight is 526 g/mol. The maximum atomic E-state index is 5.11. The number of hydrogen-bond donors (Lipinski definition) is 0. The van der Waals surface area contributed by atoms with Gasteiger partial charge in [-0.25, -0.2) is 0 Å². The molecule has 0 radical (unpaired) electrons. The van der Waals surface area contributed by atoms with Crippen LogP contribution < -0.4 is 4.74 Å². The van der Waals surface area contributed by atoms with Crippen LogP contribution >= 0.6 is 11.3 Å². The van der Waals surface area contributed by atoms with Crippen LogP contribution in [0, 0.1) is 6.92 Å². The Morgan fingerprint density at radius 1 is 0.929 bits per heavy atom. The van der Waals surface area contributed by atoms with E-state index in [0.29, 0.717) is 4.34 Å². The average Bonchev–Trinajstić information content (AvgIpc) is 3.06. The Kier molecular flexibility index (Phi) is 14.2. The molecule has 1 aromatic carbocycles. The van der Waals surface area contributed by atoms with Crippen LogP contribution in [-0.2, 0) is 12.6 Å². The SMILES string of the molecule is CCC[CH2][Sn+]([CH2]CCC)[CH2]CCC.COc1ccc(-c2sc([S-])nc2C)cc1. The predicted octanol–water partition coefficient (Wildman–Crippen LogP) is 7.91. The molecule has 1 aromatic heterocycles. The Labute approximate surface area is 189 Å². The minimum absolute atomic E-state index is 0.693. The molecule has 0 aliphatic carbocycles. The molecule has 28 heavy (non-hydrogen) atoms. The van der Waals surface area contributed by atoms with Gasteiger partial charge in [-0.2, -0.15) is 0 Å². The number of aromatic nitrogens is 1. The zero-order valence-corrected chi connectivity index (χ0v) is 22.8. The summed E-state index contributed by atoms with van der Waals surface area (Å²) in [6, 6.07) is 7.93. The molecule has 2 nitrogen and oxygen atoms in total. The van der Waals surface area contributed by atoms with Crippen LogP contribution in [0.15, 0.2) is 28.6 Å². The fourth-order valence-electron chi connectivity index (χ4n) is 3.04. The van der Waals surface area contributed by atoms with Crippen molar-refractivity contribution in [3.8, 4) is 16.2 Å². The van der Waals surface area contributed by atoms with Crippen molar-refractivity contribution in [1.29, 1.82) is 0 Å². The topological polar surface area (TPSA) is 22.1 Å². The molecule has 0 aliphatic rings. The van der Waals surface area contributed by atoms with Gasteiger partial charge in [0.1, 0.15) is 5.75 Å². The Morgan fingerprint density at radius 2 is 1.43 bits per heavy atom. The van der Waals surface area contributed by atoms with E-state index < -0.39 is 19.8 Å². The van der Waals surface area contributed by atoms with Crippen molar-refractivity contribution < 1.29 is 4.74 Å². The van der Waals surface area contributed by atoms with Gasteiger partial charge in [-0.15, -0.1) is 0 Å². The number of aryl methyl sites for hydroxylation is 1. The second kappa shape index (κ2) is 15.5. The summed E-state index contributed by atoms with van der Waals surface area (Å²) in [7, 11) is 1.66. The third-order valence-corrected chi connectivity index (χ3v) is 15.2. The number of ether oxygens (including phenoxy) is 1. The first-order valence-corrected chi connectivity index (χ1v) is 18.0. The monoisotopic (exact) mass is 527 g/mol. The summed E-state index contributed by atoms with van der Waals surface area (Å²) in [6.07, 6.45) is 8.85. The maximum absolute atomic E-state index is 5.11. The summed E-state index contributed by atoms with van der Waals surface area (Å²) < 4.78 is 10.8. The van der Waals surface area contributed by atoms with Crippen LogP contribution in [0.1, 0.15) is 65.0 Å². The van der Waals surface area contributed by atoms with Gasteiger partial charge in [0, 0.05) is 5.69 Å². The van der Waals surface area contributed by atoms with E-state index in [1.165, 1.54) is 38.5 Å². The number of nitrogens with zero attached hydrogens (tertiary/aromatic N) is 1.